The minimum absolute atomic E-state index is 1.01. The number of rotatable bonds is 3. The van der Waals surface area contributed by atoms with E-state index in [1.165, 1.54) is 63.9 Å². The van der Waals surface area contributed by atoms with Gasteiger partial charge in [0.15, 0.2) is 0 Å². The highest BCUT2D eigenvalue weighted by Gasteiger charge is 2.18. The van der Waals surface area contributed by atoms with Gasteiger partial charge in [-0.15, -0.1) is 11.3 Å². The van der Waals surface area contributed by atoms with E-state index in [-0.39, 0.29) is 0 Å². The van der Waals surface area contributed by atoms with E-state index in [0.29, 0.717) is 0 Å². The summed E-state index contributed by atoms with van der Waals surface area (Å²) in [5, 5.41) is 8.69. The molecule has 0 aliphatic carbocycles. The Balaban J connectivity index is 1.28. The van der Waals surface area contributed by atoms with E-state index in [1.54, 1.807) is 0 Å². The molecule has 0 unspecified atom stereocenters. The molecule has 46 heavy (non-hydrogen) atoms. The second kappa shape index (κ2) is 9.87. The molecule has 0 saturated heterocycles. The summed E-state index contributed by atoms with van der Waals surface area (Å²) in [6.07, 6.45) is 0. The number of para-hydroxylation sites is 3. The van der Waals surface area contributed by atoms with Crippen molar-refractivity contribution < 1.29 is 0 Å². The zero-order valence-electron chi connectivity index (χ0n) is 24.8. The van der Waals surface area contributed by atoms with Gasteiger partial charge in [0.25, 0.3) is 0 Å². The summed E-state index contributed by atoms with van der Waals surface area (Å²) in [5.74, 6) is 0. The molecule has 2 nitrogen and oxygen atoms in total. The van der Waals surface area contributed by atoms with Gasteiger partial charge in [-0.05, 0) is 65.0 Å². The molecule has 3 heterocycles. The van der Waals surface area contributed by atoms with Gasteiger partial charge >= 0.3 is 0 Å². The number of aromatic nitrogens is 2. The first-order valence-electron chi connectivity index (χ1n) is 15.6. The minimum Gasteiger partial charge on any atom is -0.309 e. The van der Waals surface area contributed by atoms with Crippen molar-refractivity contribution in [1.29, 1.82) is 0 Å². The van der Waals surface area contributed by atoms with Crippen LogP contribution in [0.3, 0.4) is 0 Å². The van der Waals surface area contributed by atoms with Crippen LogP contribution in [-0.4, -0.2) is 9.55 Å². The van der Waals surface area contributed by atoms with Gasteiger partial charge in [0.2, 0.25) is 0 Å². The average molecular weight is 603 g/mol. The molecule has 0 bridgehead atoms. The lowest BCUT2D eigenvalue weighted by Crippen LogP contribution is -1.94. The maximum Gasteiger partial charge on any atom is 0.0789 e. The number of thiophene rings is 1. The molecule has 0 spiro atoms. The first-order chi connectivity index (χ1) is 22.8. The van der Waals surface area contributed by atoms with E-state index in [0.717, 1.165) is 27.8 Å². The SMILES string of the molecule is c1ccc(-n2c3ccccc3c3cc4c(cc32)c(-c2cccc(-c3cccc5c3sc3ccccc35)c2)nc2ccccc24)cc1. The van der Waals surface area contributed by atoms with Gasteiger partial charge in [-0.25, -0.2) is 4.98 Å². The lowest BCUT2D eigenvalue weighted by atomic mass is 9.95. The van der Waals surface area contributed by atoms with E-state index in [9.17, 15) is 0 Å². The number of pyridine rings is 1. The smallest absolute Gasteiger partial charge is 0.0789 e. The molecule has 0 amide bonds. The second-order valence-corrected chi connectivity index (χ2v) is 13.0. The lowest BCUT2D eigenvalue weighted by Gasteiger charge is -2.13. The third kappa shape index (κ3) is 3.73. The molecule has 0 aliphatic heterocycles. The fourth-order valence-corrected chi connectivity index (χ4v) is 8.54. The van der Waals surface area contributed by atoms with Crippen molar-refractivity contribution in [3.8, 4) is 28.1 Å². The predicted octanol–water partition coefficient (Wildman–Crippen LogP) is 12.2. The van der Waals surface area contributed by atoms with Crippen molar-refractivity contribution in [1.82, 2.24) is 9.55 Å². The van der Waals surface area contributed by atoms with E-state index in [4.69, 9.17) is 4.98 Å². The Morgan fingerprint density at radius 1 is 0.435 bits per heavy atom. The third-order valence-electron chi connectivity index (χ3n) is 9.36. The number of fused-ring (bicyclic) bond motifs is 9. The molecule has 0 saturated carbocycles. The number of nitrogens with zero attached hydrogens (tertiary/aromatic N) is 2. The molecule has 0 aliphatic rings. The van der Waals surface area contributed by atoms with Crippen LogP contribution in [0, 0.1) is 0 Å². The van der Waals surface area contributed by atoms with Crippen LogP contribution in [0.1, 0.15) is 0 Å². The van der Waals surface area contributed by atoms with Crippen LogP contribution in [0.4, 0.5) is 0 Å². The Morgan fingerprint density at radius 3 is 2.07 bits per heavy atom. The molecule has 0 fully saturated rings. The largest absolute Gasteiger partial charge is 0.309 e. The number of hydrogen-bond donors (Lipinski definition) is 0. The Hall–Kier alpha value is -5.77. The van der Waals surface area contributed by atoms with E-state index in [1.807, 2.05) is 11.3 Å². The summed E-state index contributed by atoms with van der Waals surface area (Å²) >= 11 is 1.87. The summed E-state index contributed by atoms with van der Waals surface area (Å²) < 4.78 is 5.04. The van der Waals surface area contributed by atoms with E-state index in [2.05, 4.69) is 162 Å². The van der Waals surface area contributed by atoms with Gasteiger partial charge < -0.3 is 4.57 Å². The number of benzene rings is 7. The first kappa shape index (κ1) is 25.5. The van der Waals surface area contributed by atoms with Gasteiger partial charge in [0, 0.05) is 53.0 Å². The van der Waals surface area contributed by atoms with E-state index >= 15 is 0 Å². The molecule has 214 valence electrons. The van der Waals surface area contributed by atoms with Crippen molar-refractivity contribution in [2.24, 2.45) is 0 Å². The first-order valence-corrected chi connectivity index (χ1v) is 16.5. The van der Waals surface area contributed by atoms with Gasteiger partial charge in [0.1, 0.15) is 0 Å². The van der Waals surface area contributed by atoms with Crippen LogP contribution in [0.15, 0.2) is 158 Å². The van der Waals surface area contributed by atoms with Gasteiger partial charge in [-0.2, -0.15) is 0 Å². The fraction of sp³-hybridized carbons (Fsp3) is 0. The standard InChI is InChI=1S/C43H26N2S/c1-2-14-29(15-3-1)45-39-22-8-5-17-32(39)36-25-35-31-16-4-7-21-38(31)44-42(37(35)26-40(36)45)28-13-10-12-27(24-28)30-19-11-20-34-33-18-6-9-23-41(33)46-43(30)34/h1-26H. The highest BCUT2D eigenvalue weighted by molar-refractivity contribution is 7.26. The van der Waals surface area contributed by atoms with Crippen molar-refractivity contribution >= 4 is 75.0 Å². The monoisotopic (exact) mass is 602 g/mol. The maximum atomic E-state index is 5.36. The zero-order chi connectivity index (χ0) is 30.2. The van der Waals surface area contributed by atoms with Crippen molar-refractivity contribution in [2.45, 2.75) is 0 Å². The summed E-state index contributed by atoms with van der Waals surface area (Å²) in [6.45, 7) is 0. The molecule has 3 heteroatoms. The Morgan fingerprint density at radius 2 is 1.15 bits per heavy atom. The molecule has 0 atom stereocenters. The zero-order valence-corrected chi connectivity index (χ0v) is 25.6. The van der Waals surface area contributed by atoms with Crippen molar-refractivity contribution in [3.63, 3.8) is 0 Å². The lowest BCUT2D eigenvalue weighted by molar-refractivity contribution is 1.18. The average Bonchev–Trinajstić information content (AvgIpc) is 3.66. The number of hydrogen-bond acceptors (Lipinski definition) is 2. The van der Waals surface area contributed by atoms with Gasteiger partial charge in [-0.1, -0.05) is 109 Å². The van der Waals surface area contributed by atoms with Crippen LogP contribution in [0.25, 0.3) is 91.7 Å². The highest BCUT2D eigenvalue weighted by atomic mass is 32.1. The predicted molar refractivity (Wildman–Crippen MR) is 197 cm³/mol. The van der Waals surface area contributed by atoms with E-state index < -0.39 is 0 Å². The van der Waals surface area contributed by atoms with Crippen LogP contribution in [0.5, 0.6) is 0 Å². The van der Waals surface area contributed by atoms with Crippen LogP contribution in [-0.2, 0) is 0 Å². The Labute approximate surface area is 269 Å². The van der Waals surface area contributed by atoms with Crippen LogP contribution >= 0.6 is 11.3 Å². The fourth-order valence-electron chi connectivity index (χ4n) is 7.30. The summed E-state index contributed by atoms with van der Waals surface area (Å²) in [6, 6.07) is 57.1. The third-order valence-corrected chi connectivity index (χ3v) is 10.6. The Bertz CT molecular complexity index is 2800. The van der Waals surface area contributed by atoms with Gasteiger partial charge in [-0.3, -0.25) is 0 Å². The minimum atomic E-state index is 1.01. The van der Waals surface area contributed by atoms with Gasteiger partial charge in [0.05, 0.1) is 22.2 Å². The molecular formula is C43H26N2S. The molecule has 0 radical (unpaired) electrons. The van der Waals surface area contributed by atoms with Crippen LogP contribution < -0.4 is 0 Å². The van der Waals surface area contributed by atoms with Crippen LogP contribution in [0.2, 0.25) is 0 Å². The highest BCUT2D eigenvalue weighted by Crippen LogP contribution is 2.43. The molecule has 10 aromatic rings. The molecule has 7 aromatic carbocycles. The topological polar surface area (TPSA) is 17.8 Å². The normalized spacial score (nSPS) is 11.9. The summed E-state index contributed by atoms with van der Waals surface area (Å²) in [4.78, 5) is 5.36. The Kier molecular flexibility index (Phi) is 5.48. The van der Waals surface area contributed by atoms with Crippen molar-refractivity contribution in [2.75, 3.05) is 0 Å². The molecule has 3 aromatic heterocycles. The molecular weight excluding hydrogens is 577 g/mol. The maximum absolute atomic E-state index is 5.36. The second-order valence-electron chi connectivity index (χ2n) is 11.9. The molecule has 0 N–H and O–H groups in total. The summed E-state index contributed by atoms with van der Waals surface area (Å²) in [5.41, 5.74) is 9.14. The molecule has 10 rings (SSSR count). The quantitative estimate of drug-likeness (QED) is 0.184. The summed E-state index contributed by atoms with van der Waals surface area (Å²) in [7, 11) is 0. The van der Waals surface area contributed by atoms with Crippen molar-refractivity contribution in [3.05, 3.63) is 158 Å².